The number of esters is 1. The number of nitrogens with zero attached hydrogens (tertiary/aromatic N) is 3. The number of allylic oxidation sites excluding steroid dienone is 2. The summed E-state index contributed by atoms with van der Waals surface area (Å²) in [6.07, 6.45) is 2.34. The lowest BCUT2D eigenvalue weighted by Gasteiger charge is -2.20. The maximum Gasteiger partial charge on any atom is 0.333 e. The highest BCUT2D eigenvalue weighted by Crippen LogP contribution is 2.47. The largest absolute Gasteiger partial charge is 0.487 e. The van der Waals surface area contributed by atoms with Crippen molar-refractivity contribution in [1.29, 1.82) is 0 Å². The molecule has 0 spiro atoms. The number of H-pyrrole nitrogens is 2. The monoisotopic (exact) mass is 1300 g/mol. The van der Waals surface area contributed by atoms with Gasteiger partial charge in [0.2, 0.25) is 5.75 Å². The van der Waals surface area contributed by atoms with Crippen LogP contribution in [0.3, 0.4) is 0 Å². The number of hydrogen-bond acceptors (Lipinski definition) is 21. The maximum absolute atomic E-state index is 14.4. The van der Waals surface area contributed by atoms with Gasteiger partial charge in [-0.25, -0.2) is 9.78 Å². The van der Waals surface area contributed by atoms with Crippen LogP contribution in [-0.4, -0.2) is 195 Å². The van der Waals surface area contributed by atoms with E-state index in [4.69, 9.17) is 76.4 Å². The molecule has 3 aliphatic heterocycles. The van der Waals surface area contributed by atoms with Gasteiger partial charge in [0.25, 0.3) is 11.8 Å². The first-order chi connectivity index (χ1) is 45.2. The normalized spacial score (nSPS) is 15.3. The molecule has 6 heterocycles. The van der Waals surface area contributed by atoms with E-state index in [-0.39, 0.29) is 102 Å². The first kappa shape index (κ1) is 71.7. The predicted octanol–water partition coefficient (Wildman–Crippen LogP) is 9.09. The fourth-order valence-corrected chi connectivity index (χ4v) is 12.0. The Morgan fingerprint density at radius 3 is 1.68 bits per heavy atom. The molecule has 1 aliphatic carbocycles. The van der Waals surface area contributed by atoms with Gasteiger partial charge < -0.3 is 76.4 Å². The number of carbonyl (C=O) groups excluding carboxylic acids is 5. The summed E-state index contributed by atoms with van der Waals surface area (Å²) >= 11 is 0. The summed E-state index contributed by atoms with van der Waals surface area (Å²) in [6, 6.07) is 7.63. The van der Waals surface area contributed by atoms with Crippen LogP contribution in [0.25, 0.3) is 33.2 Å². The molecule has 3 aromatic heterocycles. The van der Waals surface area contributed by atoms with E-state index in [9.17, 15) is 24.0 Å². The number of ether oxygens (including phenoxy) is 13. The zero-order valence-corrected chi connectivity index (χ0v) is 55.6. The fourth-order valence-electron chi connectivity index (χ4n) is 12.0. The highest BCUT2D eigenvalue weighted by Gasteiger charge is 2.38. The second-order valence-corrected chi connectivity index (χ2v) is 23.0. The number of amides is 2. The Morgan fingerprint density at radius 2 is 1.12 bits per heavy atom. The quantitative estimate of drug-likeness (QED) is 0.0238. The van der Waals surface area contributed by atoms with Gasteiger partial charge >= 0.3 is 11.9 Å². The Kier molecular flexibility index (Phi) is 28.2. The number of hydroxylamine groups is 2. The molecule has 0 radical (unpaired) electrons. The van der Waals surface area contributed by atoms with E-state index in [1.165, 1.54) is 0 Å². The summed E-state index contributed by atoms with van der Waals surface area (Å²) in [5.74, 6) is -2.04. The number of Topliss-reactive ketones (excluding diaryl/α,β-unsaturated/α-hetero) is 1. The zero-order chi connectivity index (χ0) is 66.2. The lowest BCUT2D eigenvalue weighted by Crippen LogP contribution is -2.32. The molecule has 1 aromatic carbocycles. The van der Waals surface area contributed by atoms with Gasteiger partial charge in [0, 0.05) is 98.6 Å². The van der Waals surface area contributed by atoms with Crippen LogP contribution in [0, 0.1) is 13.8 Å². The number of aromatic nitrogens is 4. The number of nitrogens with one attached hydrogen (secondary N) is 2. The van der Waals surface area contributed by atoms with Crippen molar-refractivity contribution < 1.29 is 90.4 Å². The van der Waals surface area contributed by atoms with Crippen molar-refractivity contribution in [3.63, 3.8) is 0 Å². The maximum atomic E-state index is 14.4. The minimum atomic E-state index is -0.706. The summed E-state index contributed by atoms with van der Waals surface area (Å²) in [6.45, 7) is 18.3. The van der Waals surface area contributed by atoms with Gasteiger partial charge in [-0.1, -0.05) is 20.8 Å². The van der Waals surface area contributed by atoms with Gasteiger partial charge in [-0.2, -0.15) is 0 Å². The van der Waals surface area contributed by atoms with Crippen LogP contribution < -0.4 is 14.2 Å². The summed E-state index contributed by atoms with van der Waals surface area (Å²) in [7, 11) is 4.84. The van der Waals surface area contributed by atoms with Crippen LogP contribution in [-0.2, 0) is 97.3 Å². The number of ketones is 1. The molecule has 4 aliphatic rings. The number of fused-ring (bicyclic) bond motifs is 8. The number of aryl methyl sites for hydroxylation is 4. The molecule has 24 heteroatoms. The third kappa shape index (κ3) is 19.1. The smallest absolute Gasteiger partial charge is 0.333 e. The van der Waals surface area contributed by atoms with Crippen molar-refractivity contribution >= 4 is 62.7 Å². The molecule has 2 N–H and O–H groups in total. The summed E-state index contributed by atoms with van der Waals surface area (Å²) in [4.78, 5) is 90.5. The summed E-state index contributed by atoms with van der Waals surface area (Å²) < 4.78 is 74.5. The molecule has 8 bridgehead atoms. The van der Waals surface area contributed by atoms with Crippen LogP contribution >= 0.6 is 0 Å². The van der Waals surface area contributed by atoms with E-state index in [1.807, 2.05) is 13.0 Å². The third-order valence-electron chi connectivity index (χ3n) is 16.8. The minimum Gasteiger partial charge on any atom is -0.487 e. The van der Waals surface area contributed by atoms with Crippen LogP contribution in [0.1, 0.15) is 151 Å². The zero-order valence-electron chi connectivity index (χ0n) is 55.6. The molecular formula is C69H93N5O19. The van der Waals surface area contributed by atoms with Crippen molar-refractivity contribution in [3.05, 3.63) is 86.0 Å². The van der Waals surface area contributed by atoms with Gasteiger partial charge in [-0.3, -0.25) is 24.2 Å². The van der Waals surface area contributed by atoms with E-state index in [2.05, 4.69) is 50.7 Å². The van der Waals surface area contributed by atoms with E-state index in [0.29, 0.717) is 143 Å². The molecule has 4 aromatic rings. The van der Waals surface area contributed by atoms with Gasteiger partial charge in [-0.15, -0.1) is 5.06 Å². The second kappa shape index (κ2) is 36.5. The van der Waals surface area contributed by atoms with Crippen LogP contribution in [0.4, 0.5) is 0 Å². The average molecular weight is 1300 g/mol. The van der Waals surface area contributed by atoms with Crippen molar-refractivity contribution in [2.24, 2.45) is 0 Å². The van der Waals surface area contributed by atoms with Gasteiger partial charge in [-0.05, 0) is 116 Å². The minimum absolute atomic E-state index is 0.0117. The topological polar surface area (TPSA) is 275 Å². The Balaban J connectivity index is 1.10. The van der Waals surface area contributed by atoms with Crippen molar-refractivity contribution in [2.75, 3.05) is 140 Å². The van der Waals surface area contributed by atoms with E-state index < -0.39 is 23.8 Å². The lowest BCUT2D eigenvalue weighted by atomic mass is 9.84. The molecular weight excluding hydrogens is 1200 g/mol. The summed E-state index contributed by atoms with van der Waals surface area (Å²) in [5.41, 5.74) is 14.2. The molecule has 8 rings (SSSR count). The first-order valence-electron chi connectivity index (χ1n) is 32.4. The standard InChI is InChI=1S/C69H93N5O19/c1-10-48-43(3)53-40-56-49(11-2)44(4)65(72-56)51(13-12-14-63(79)93-74-60(76)16-17-61(74)77)66-45(5)50(67(73-66)52-39-57(75)64-46(6)54(71-68(52)64)41-55(48)70-53)15-18-62(78)92-42-47-37-58(89-34-31-86-28-25-83-22-19-80-7)69(91-36-33-88-30-27-85-24-21-82-9)59(38-47)90-35-32-87-29-26-84-23-20-81-8/h37-38,40-41,45,50,71-72H,10-36,39,42H2,1-9H3/t45-,50-/m0/s1. The molecule has 2 atom stereocenters. The number of hydrogen-bond donors (Lipinski definition) is 2. The molecule has 93 heavy (non-hydrogen) atoms. The predicted molar refractivity (Wildman–Crippen MR) is 344 cm³/mol. The fraction of sp³-hybridized carbons (Fsp3) is 0.580. The molecule has 0 saturated carbocycles. The molecule has 24 nitrogen and oxygen atoms in total. The highest BCUT2D eigenvalue weighted by atomic mass is 16.7. The Bertz CT molecular complexity index is 3370. The van der Waals surface area contributed by atoms with Crippen molar-refractivity contribution in [2.45, 2.75) is 124 Å². The second-order valence-electron chi connectivity index (χ2n) is 23.0. The molecule has 1 fully saturated rings. The van der Waals surface area contributed by atoms with E-state index in [1.54, 1.807) is 33.5 Å². The van der Waals surface area contributed by atoms with Crippen molar-refractivity contribution in [3.8, 4) is 17.2 Å². The SMILES string of the molecule is CCC1=C(C)c2cc3[nH]c(c(C)c3CC)c(CCCC(=O)ON3C(=O)CCC3=O)c3nc(c4c5[nH]c(cc1n2)c(C)c5C(=O)C4)[C@@H](CCC(=O)OCc1cc(OCCOCCOCCOC)c(OCCOCCOCCOC)c(OCCOCCOCCOC)c1)[C@@H]3C. The molecule has 0 unspecified atom stereocenters. The van der Waals surface area contributed by atoms with Crippen LogP contribution in [0.5, 0.6) is 17.2 Å². The van der Waals surface area contributed by atoms with Gasteiger partial charge in [0.1, 0.15) is 26.4 Å². The molecule has 2 amide bonds. The Labute approximate surface area is 543 Å². The highest BCUT2D eigenvalue weighted by molar-refractivity contribution is 6.13. The third-order valence-corrected chi connectivity index (χ3v) is 16.8. The molecule has 1 saturated heterocycles. The number of rotatable bonds is 42. The van der Waals surface area contributed by atoms with E-state index >= 15 is 0 Å². The molecule has 508 valence electrons. The first-order valence-corrected chi connectivity index (χ1v) is 32.4. The van der Waals surface area contributed by atoms with E-state index in [0.717, 1.165) is 79.0 Å². The number of carbonyl (C=O) groups is 5. The number of imide groups is 1. The van der Waals surface area contributed by atoms with Crippen molar-refractivity contribution in [1.82, 2.24) is 25.0 Å². The van der Waals surface area contributed by atoms with Crippen LogP contribution in [0.2, 0.25) is 0 Å². The lowest BCUT2D eigenvalue weighted by molar-refractivity contribution is -0.197. The number of methoxy groups -OCH3 is 3. The van der Waals surface area contributed by atoms with Gasteiger partial charge in [0.15, 0.2) is 17.3 Å². The Morgan fingerprint density at radius 1 is 0.581 bits per heavy atom. The summed E-state index contributed by atoms with van der Waals surface area (Å²) in [5, 5.41) is 0.570. The van der Waals surface area contributed by atoms with Crippen LogP contribution in [0.15, 0.2) is 24.3 Å². The van der Waals surface area contributed by atoms with Gasteiger partial charge in [0.05, 0.1) is 122 Å². The average Bonchev–Trinajstić information content (AvgIpc) is 1.92. The number of benzene rings is 1. The number of aromatic amines is 2. The Hall–Kier alpha value is -7.13.